The average Bonchev–Trinajstić information content (AvgIpc) is 2.96. The van der Waals surface area contributed by atoms with Crippen molar-refractivity contribution in [1.29, 1.82) is 0 Å². The van der Waals surface area contributed by atoms with E-state index in [4.69, 9.17) is 9.84 Å². The minimum atomic E-state index is -0.783. The molecule has 0 fully saturated rings. The highest BCUT2D eigenvalue weighted by Gasteiger charge is 2.21. The van der Waals surface area contributed by atoms with Gasteiger partial charge < -0.3 is 20.1 Å². The Morgan fingerprint density at radius 3 is 2.92 bits per heavy atom. The number of aliphatic hydroxyl groups is 2. The molecule has 0 amide bonds. The molecule has 1 aliphatic rings. The predicted octanol–water partition coefficient (Wildman–Crippen LogP) is 2.82. The number of rotatable bonds is 4. The van der Waals surface area contributed by atoms with Gasteiger partial charge in [0, 0.05) is 40.8 Å². The summed E-state index contributed by atoms with van der Waals surface area (Å²) in [6, 6.07) is 12.0. The van der Waals surface area contributed by atoms with Crippen molar-refractivity contribution in [3.63, 3.8) is 0 Å². The number of nitrogens with zero attached hydrogens (tertiary/aromatic N) is 1. The number of phenols is 1. The third-order valence-electron chi connectivity index (χ3n) is 4.67. The summed E-state index contributed by atoms with van der Waals surface area (Å²) in [7, 11) is 0. The highest BCUT2D eigenvalue weighted by atomic mass is 32.1. The SMILES string of the molecule is OCC(O)CN1CCOc2c(O)cc(-c3csc4ccccc34)cc2C1. The van der Waals surface area contributed by atoms with E-state index in [1.165, 1.54) is 10.1 Å². The van der Waals surface area contributed by atoms with Crippen LogP contribution in [0.2, 0.25) is 0 Å². The maximum atomic E-state index is 10.5. The van der Waals surface area contributed by atoms with Crippen molar-refractivity contribution in [1.82, 2.24) is 4.90 Å². The first-order valence-corrected chi connectivity index (χ1v) is 9.50. The van der Waals surface area contributed by atoms with E-state index in [0.29, 0.717) is 32.0 Å². The fourth-order valence-electron chi connectivity index (χ4n) is 3.42. The molecule has 4 rings (SSSR count). The van der Waals surface area contributed by atoms with Crippen LogP contribution in [-0.4, -0.2) is 52.6 Å². The molecular weight excluding hydrogens is 350 g/mol. The van der Waals surface area contributed by atoms with Gasteiger partial charge in [-0.1, -0.05) is 18.2 Å². The molecule has 0 radical (unpaired) electrons. The van der Waals surface area contributed by atoms with Crippen molar-refractivity contribution < 1.29 is 20.1 Å². The van der Waals surface area contributed by atoms with Crippen molar-refractivity contribution in [3.05, 3.63) is 47.3 Å². The second-order valence-corrected chi connectivity index (χ2v) is 7.46. The lowest BCUT2D eigenvalue weighted by atomic mass is 10.0. The third-order valence-corrected chi connectivity index (χ3v) is 5.63. The lowest BCUT2D eigenvalue weighted by Gasteiger charge is -2.21. The predicted molar refractivity (Wildman–Crippen MR) is 103 cm³/mol. The molecule has 0 saturated carbocycles. The van der Waals surface area contributed by atoms with E-state index in [1.54, 1.807) is 17.4 Å². The molecule has 1 atom stereocenters. The van der Waals surface area contributed by atoms with Crippen LogP contribution in [0.1, 0.15) is 5.56 Å². The summed E-state index contributed by atoms with van der Waals surface area (Å²) in [6.07, 6.45) is -0.783. The Morgan fingerprint density at radius 2 is 2.08 bits per heavy atom. The molecular formula is C20H21NO4S. The molecule has 1 aliphatic heterocycles. The van der Waals surface area contributed by atoms with Crippen LogP contribution in [0.4, 0.5) is 0 Å². The van der Waals surface area contributed by atoms with Crippen LogP contribution >= 0.6 is 11.3 Å². The van der Waals surface area contributed by atoms with E-state index in [1.807, 2.05) is 23.1 Å². The summed E-state index contributed by atoms with van der Waals surface area (Å²) in [5.41, 5.74) is 2.93. The van der Waals surface area contributed by atoms with Crippen LogP contribution in [0.25, 0.3) is 21.2 Å². The molecule has 136 valence electrons. The number of benzene rings is 2. The second kappa shape index (κ2) is 7.25. The van der Waals surface area contributed by atoms with Crippen molar-refractivity contribution in [2.45, 2.75) is 12.6 Å². The van der Waals surface area contributed by atoms with Crippen LogP contribution in [0, 0.1) is 0 Å². The second-order valence-electron chi connectivity index (χ2n) is 6.55. The fraction of sp³-hybridized carbons (Fsp3) is 0.300. The molecule has 2 heterocycles. The van der Waals surface area contributed by atoms with Gasteiger partial charge in [0.2, 0.25) is 0 Å². The van der Waals surface area contributed by atoms with E-state index >= 15 is 0 Å². The van der Waals surface area contributed by atoms with Crippen LogP contribution in [0.3, 0.4) is 0 Å². The van der Waals surface area contributed by atoms with Crippen molar-refractivity contribution in [3.8, 4) is 22.6 Å². The van der Waals surface area contributed by atoms with Gasteiger partial charge in [0.1, 0.15) is 6.61 Å². The van der Waals surface area contributed by atoms with Crippen molar-refractivity contribution in [2.75, 3.05) is 26.3 Å². The van der Waals surface area contributed by atoms with Crippen LogP contribution in [0.5, 0.6) is 11.5 Å². The first kappa shape index (κ1) is 17.3. The van der Waals surface area contributed by atoms with Gasteiger partial charge in [-0.2, -0.15) is 0 Å². The topological polar surface area (TPSA) is 73.2 Å². The van der Waals surface area contributed by atoms with E-state index in [0.717, 1.165) is 16.7 Å². The number of aromatic hydroxyl groups is 1. The van der Waals surface area contributed by atoms with E-state index in [-0.39, 0.29) is 12.4 Å². The summed E-state index contributed by atoms with van der Waals surface area (Å²) in [5, 5.41) is 32.6. The molecule has 1 aromatic heterocycles. The average molecular weight is 371 g/mol. The summed E-state index contributed by atoms with van der Waals surface area (Å²) < 4.78 is 6.96. The lowest BCUT2D eigenvalue weighted by molar-refractivity contribution is 0.0551. The van der Waals surface area contributed by atoms with E-state index in [2.05, 4.69) is 17.5 Å². The van der Waals surface area contributed by atoms with Gasteiger partial charge in [0.05, 0.1) is 12.7 Å². The quantitative estimate of drug-likeness (QED) is 0.658. The maximum absolute atomic E-state index is 10.5. The Kier molecular flexibility index (Phi) is 4.82. The monoisotopic (exact) mass is 371 g/mol. The molecule has 3 N–H and O–H groups in total. The van der Waals surface area contributed by atoms with Gasteiger partial charge in [-0.15, -0.1) is 11.3 Å². The largest absolute Gasteiger partial charge is 0.504 e. The number of β-amino-alcohol motifs (C(OH)–C–C–N with tert-alkyl or cyclic N) is 1. The maximum Gasteiger partial charge on any atom is 0.165 e. The number of hydrogen-bond donors (Lipinski definition) is 3. The van der Waals surface area contributed by atoms with Crippen molar-refractivity contribution in [2.24, 2.45) is 0 Å². The number of fused-ring (bicyclic) bond motifs is 2. The van der Waals surface area contributed by atoms with Crippen molar-refractivity contribution >= 4 is 21.4 Å². The molecule has 5 nitrogen and oxygen atoms in total. The normalized spacial score (nSPS) is 16.1. The van der Waals surface area contributed by atoms with E-state index in [9.17, 15) is 10.2 Å². The zero-order chi connectivity index (χ0) is 18.1. The summed E-state index contributed by atoms with van der Waals surface area (Å²) >= 11 is 1.68. The molecule has 2 aromatic carbocycles. The summed E-state index contributed by atoms with van der Waals surface area (Å²) in [4.78, 5) is 2.03. The molecule has 0 aliphatic carbocycles. The Bertz CT molecular complexity index is 923. The molecule has 1 unspecified atom stereocenters. The number of thiophene rings is 1. The molecule has 3 aromatic rings. The number of aliphatic hydroxyl groups excluding tert-OH is 2. The van der Waals surface area contributed by atoms with E-state index < -0.39 is 6.10 Å². The van der Waals surface area contributed by atoms with Gasteiger partial charge in [-0.3, -0.25) is 4.90 Å². The highest BCUT2D eigenvalue weighted by Crippen LogP contribution is 2.41. The van der Waals surface area contributed by atoms with Gasteiger partial charge in [-0.05, 0) is 29.1 Å². The van der Waals surface area contributed by atoms with Gasteiger partial charge in [0.25, 0.3) is 0 Å². The minimum Gasteiger partial charge on any atom is -0.504 e. The molecule has 0 saturated heterocycles. The Hall–Kier alpha value is -2.12. The number of hydrogen-bond acceptors (Lipinski definition) is 6. The van der Waals surface area contributed by atoms with Crippen LogP contribution in [0.15, 0.2) is 41.8 Å². The summed E-state index contributed by atoms with van der Waals surface area (Å²) in [6.45, 7) is 1.71. The molecule has 0 spiro atoms. The summed E-state index contributed by atoms with van der Waals surface area (Å²) in [5.74, 6) is 0.645. The third kappa shape index (κ3) is 3.29. The first-order valence-electron chi connectivity index (χ1n) is 8.62. The smallest absolute Gasteiger partial charge is 0.165 e. The Balaban J connectivity index is 1.72. The van der Waals surface area contributed by atoms with Gasteiger partial charge >= 0.3 is 0 Å². The first-order chi connectivity index (χ1) is 12.7. The van der Waals surface area contributed by atoms with Gasteiger partial charge in [0.15, 0.2) is 11.5 Å². The van der Waals surface area contributed by atoms with Gasteiger partial charge in [-0.25, -0.2) is 0 Å². The molecule has 6 heteroatoms. The Morgan fingerprint density at radius 1 is 1.23 bits per heavy atom. The Labute approximate surface area is 155 Å². The lowest BCUT2D eigenvalue weighted by Crippen LogP contribution is -2.35. The number of ether oxygens (including phenoxy) is 1. The molecule has 26 heavy (non-hydrogen) atoms. The standard InChI is InChI=1S/C20H21NO4S/c22-11-15(23)10-21-5-6-25-20-14(9-21)7-13(8-18(20)24)17-12-26-19-4-2-1-3-16(17)19/h1-4,7-8,12,15,22-24H,5-6,9-11H2. The fourth-order valence-corrected chi connectivity index (χ4v) is 4.39. The minimum absolute atomic E-state index is 0.136. The number of phenolic OH excluding ortho intramolecular Hbond substituents is 1. The zero-order valence-corrected chi connectivity index (χ0v) is 15.1. The van der Waals surface area contributed by atoms with Crippen LogP contribution < -0.4 is 4.74 Å². The zero-order valence-electron chi connectivity index (χ0n) is 14.3. The highest BCUT2D eigenvalue weighted by molar-refractivity contribution is 7.17. The molecule has 0 bridgehead atoms. The van der Waals surface area contributed by atoms with Crippen LogP contribution in [-0.2, 0) is 6.54 Å².